The molecule has 0 aliphatic carbocycles. The van der Waals surface area contributed by atoms with Gasteiger partial charge in [-0.2, -0.15) is 5.10 Å². The maximum atomic E-state index is 14.4. The minimum absolute atomic E-state index is 0.0251. The van der Waals surface area contributed by atoms with E-state index in [-0.39, 0.29) is 36.1 Å². The Hall–Kier alpha value is -4.67. The van der Waals surface area contributed by atoms with Crippen LogP contribution in [0.4, 0.5) is 14.6 Å². The van der Waals surface area contributed by atoms with Gasteiger partial charge in [0.2, 0.25) is 5.56 Å². The van der Waals surface area contributed by atoms with Gasteiger partial charge in [-0.05, 0) is 17.7 Å². The highest BCUT2D eigenvalue weighted by molar-refractivity contribution is 5.63. The fraction of sp³-hybridized carbons (Fsp3) is 0.0870. The lowest BCUT2D eigenvalue weighted by Gasteiger charge is -2.08. The number of halogens is 2. The molecular weight excluding hydrogens is 444 g/mol. The highest BCUT2D eigenvalue weighted by Gasteiger charge is 2.18. The van der Waals surface area contributed by atoms with Crippen LogP contribution in [-0.4, -0.2) is 29.9 Å². The third-order valence-electron chi connectivity index (χ3n) is 5.04. The summed E-state index contributed by atoms with van der Waals surface area (Å²) in [7, 11) is 0. The van der Waals surface area contributed by atoms with Crippen LogP contribution in [0.5, 0.6) is 0 Å². The number of benzene rings is 1. The highest BCUT2D eigenvalue weighted by atomic mass is 19.1. The summed E-state index contributed by atoms with van der Waals surface area (Å²) in [6, 6.07) is 12.7. The second-order valence-electron chi connectivity index (χ2n) is 7.35. The maximum absolute atomic E-state index is 14.4. The zero-order chi connectivity index (χ0) is 23.5. The predicted molar refractivity (Wildman–Crippen MR) is 119 cm³/mol. The molecule has 0 unspecified atom stereocenters. The summed E-state index contributed by atoms with van der Waals surface area (Å²) < 4.78 is 35.1. The predicted octanol–water partition coefficient (Wildman–Crippen LogP) is 3.62. The van der Waals surface area contributed by atoms with Gasteiger partial charge in [-0.1, -0.05) is 29.4 Å². The molecule has 5 aromatic rings. The number of pyridine rings is 1. The van der Waals surface area contributed by atoms with Crippen LogP contribution in [0, 0.1) is 11.6 Å². The molecule has 34 heavy (non-hydrogen) atoms. The van der Waals surface area contributed by atoms with Crippen molar-refractivity contribution in [1.29, 1.82) is 0 Å². The van der Waals surface area contributed by atoms with Gasteiger partial charge in [-0.15, -0.1) is 0 Å². The number of hydrogen-bond donors (Lipinski definition) is 2. The molecule has 5 rings (SSSR count). The number of aromatic amines is 1. The molecule has 0 atom stereocenters. The van der Waals surface area contributed by atoms with Crippen LogP contribution in [-0.2, 0) is 13.1 Å². The molecule has 170 valence electrons. The molecule has 1 aromatic carbocycles. The van der Waals surface area contributed by atoms with Crippen molar-refractivity contribution < 1.29 is 13.3 Å². The first-order chi connectivity index (χ1) is 16.6. The summed E-state index contributed by atoms with van der Waals surface area (Å²) in [4.78, 5) is 22.1. The molecule has 4 aromatic heterocycles. The average Bonchev–Trinajstić information content (AvgIpc) is 3.51. The fourth-order valence-corrected chi connectivity index (χ4v) is 3.34. The first-order valence-corrected chi connectivity index (χ1v) is 10.2. The Morgan fingerprint density at radius 2 is 1.94 bits per heavy atom. The van der Waals surface area contributed by atoms with Gasteiger partial charge in [0.25, 0.3) is 0 Å². The number of nitrogens with one attached hydrogen (secondary N) is 2. The van der Waals surface area contributed by atoms with E-state index in [1.807, 2.05) is 0 Å². The highest BCUT2D eigenvalue weighted by Crippen LogP contribution is 2.26. The zero-order valence-electron chi connectivity index (χ0n) is 17.6. The van der Waals surface area contributed by atoms with Crippen LogP contribution < -0.4 is 10.9 Å². The van der Waals surface area contributed by atoms with E-state index >= 15 is 0 Å². The lowest BCUT2D eigenvalue weighted by molar-refractivity contribution is 0.421. The third kappa shape index (κ3) is 4.44. The molecule has 0 amide bonds. The minimum Gasteiger partial charge on any atom is -0.364 e. The van der Waals surface area contributed by atoms with Crippen LogP contribution in [0.25, 0.3) is 22.9 Å². The monoisotopic (exact) mass is 461 g/mol. The van der Waals surface area contributed by atoms with E-state index in [9.17, 15) is 13.6 Å². The first kappa shape index (κ1) is 21.2. The van der Waals surface area contributed by atoms with Gasteiger partial charge in [-0.3, -0.25) is 9.48 Å². The van der Waals surface area contributed by atoms with E-state index in [1.165, 1.54) is 24.6 Å². The van der Waals surface area contributed by atoms with Crippen molar-refractivity contribution in [3.63, 3.8) is 0 Å². The van der Waals surface area contributed by atoms with E-state index in [1.54, 1.807) is 41.1 Å². The van der Waals surface area contributed by atoms with Gasteiger partial charge in [-0.25, -0.2) is 18.7 Å². The largest absolute Gasteiger partial charge is 0.364 e. The molecular formula is C23H17F2N7O2. The van der Waals surface area contributed by atoms with E-state index in [4.69, 9.17) is 4.52 Å². The molecule has 0 fully saturated rings. The van der Waals surface area contributed by atoms with Gasteiger partial charge >= 0.3 is 0 Å². The Balaban J connectivity index is 1.47. The van der Waals surface area contributed by atoms with Gasteiger partial charge < -0.3 is 14.8 Å². The van der Waals surface area contributed by atoms with Crippen molar-refractivity contribution in [3.05, 3.63) is 100 Å². The SMILES string of the molecule is O=c1ccc(CNc2nc(-c3cc(-c4ccon4)n(Cc4ccccc4F)n3)ncc2F)c[nH]1. The quantitative estimate of drug-likeness (QED) is 0.380. The summed E-state index contributed by atoms with van der Waals surface area (Å²) in [5.74, 6) is -0.863. The Morgan fingerprint density at radius 1 is 1.06 bits per heavy atom. The van der Waals surface area contributed by atoms with Gasteiger partial charge in [0.1, 0.15) is 23.5 Å². The number of nitrogens with zero attached hydrogens (tertiary/aromatic N) is 5. The second-order valence-corrected chi connectivity index (χ2v) is 7.35. The zero-order valence-corrected chi connectivity index (χ0v) is 17.6. The molecule has 9 nitrogen and oxygen atoms in total. The summed E-state index contributed by atoms with van der Waals surface area (Å²) in [6.07, 6.45) is 4.00. The molecule has 11 heteroatoms. The Morgan fingerprint density at radius 3 is 2.71 bits per heavy atom. The number of hydrogen-bond acceptors (Lipinski definition) is 7. The van der Waals surface area contributed by atoms with Gasteiger partial charge in [0.15, 0.2) is 17.5 Å². The number of H-pyrrole nitrogens is 1. The van der Waals surface area contributed by atoms with E-state index in [0.717, 1.165) is 11.8 Å². The smallest absolute Gasteiger partial charge is 0.247 e. The van der Waals surface area contributed by atoms with Crippen LogP contribution in [0.1, 0.15) is 11.1 Å². The molecule has 0 spiro atoms. The Kier molecular flexibility index (Phi) is 5.65. The summed E-state index contributed by atoms with van der Waals surface area (Å²) in [5, 5.41) is 11.4. The molecule has 2 N–H and O–H groups in total. The van der Waals surface area contributed by atoms with Crippen molar-refractivity contribution in [2.24, 2.45) is 0 Å². The van der Waals surface area contributed by atoms with Crippen molar-refractivity contribution in [1.82, 2.24) is 29.9 Å². The first-order valence-electron chi connectivity index (χ1n) is 10.2. The maximum Gasteiger partial charge on any atom is 0.247 e. The Bertz CT molecular complexity index is 1480. The van der Waals surface area contributed by atoms with Crippen molar-refractivity contribution in [2.45, 2.75) is 13.1 Å². The number of aromatic nitrogens is 6. The van der Waals surface area contributed by atoms with Crippen molar-refractivity contribution >= 4 is 5.82 Å². The fourth-order valence-electron chi connectivity index (χ4n) is 3.34. The number of rotatable bonds is 7. The molecule has 0 bridgehead atoms. The topological polar surface area (TPSA) is 115 Å². The molecule has 0 aliphatic heterocycles. The van der Waals surface area contributed by atoms with Crippen LogP contribution in [0.3, 0.4) is 0 Å². The summed E-state index contributed by atoms with van der Waals surface area (Å²) in [5.41, 5.74) is 2.35. The third-order valence-corrected chi connectivity index (χ3v) is 5.04. The molecule has 0 saturated carbocycles. The van der Waals surface area contributed by atoms with Gasteiger partial charge in [0.05, 0.1) is 18.4 Å². The lowest BCUT2D eigenvalue weighted by atomic mass is 10.2. The minimum atomic E-state index is -0.643. The van der Waals surface area contributed by atoms with Crippen LogP contribution in [0.2, 0.25) is 0 Å². The second kappa shape index (κ2) is 9.06. The standard InChI is InChI=1S/C23H17F2N7O2/c24-16-4-2-1-3-15(16)13-32-20(18-7-8-34-31-18)9-19(30-32)23-28-12-17(25)22(29-23)27-11-14-5-6-21(33)26-10-14/h1-10,12H,11,13H2,(H,26,33)(H,27,28,29). The van der Waals surface area contributed by atoms with E-state index in [0.29, 0.717) is 22.6 Å². The molecule has 0 aliphatic rings. The van der Waals surface area contributed by atoms with E-state index < -0.39 is 5.82 Å². The molecule has 0 saturated heterocycles. The lowest BCUT2D eigenvalue weighted by Crippen LogP contribution is -2.09. The Labute approximate surface area is 191 Å². The number of anilines is 1. The summed E-state index contributed by atoms with van der Waals surface area (Å²) >= 11 is 0. The summed E-state index contributed by atoms with van der Waals surface area (Å²) in [6.45, 7) is 0.365. The van der Waals surface area contributed by atoms with Crippen LogP contribution >= 0.6 is 0 Å². The normalized spacial score (nSPS) is 11.0. The molecule has 0 radical (unpaired) electrons. The van der Waals surface area contributed by atoms with Crippen molar-refractivity contribution in [2.75, 3.05) is 5.32 Å². The van der Waals surface area contributed by atoms with Crippen molar-refractivity contribution in [3.8, 4) is 22.9 Å². The van der Waals surface area contributed by atoms with Crippen LogP contribution in [0.15, 0.2) is 76.5 Å². The van der Waals surface area contributed by atoms with Gasteiger partial charge in [0, 0.05) is 30.4 Å². The molecule has 4 heterocycles. The average molecular weight is 461 g/mol. The van der Waals surface area contributed by atoms with E-state index in [2.05, 4.69) is 30.5 Å².